The fourth-order valence-electron chi connectivity index (χ4n) is 3.12. The number of hydrogen-bond acceptors (Lipinski definition) is 3. The fourth-order valence-corrected chi connectivity index (χ4v) is 3.12. The molecule has 20 heavy (non-hydrogen) atoms. The van der Waals surface area contributed by atoms with E-state index in [0.717, 1.165) is 19.3 Å². The molecule has 1 atom stereocenters. The van der Waals surface area contributed by atoms with Gasteiger partial charge in [-0.15, -0.1) is 0 Å². The Kier molecular flexibility index (Phi) is 5.23. The lowest BCUT2D eigenvalue weighted by molar-refractivity contribution is -0.143. The van der Waals surface area contributed by atoms with Gasteiger partial charge >= 0.3 is 12.0 Å². The van der Waals surface area contributed by atoms with E-state index in [9.17, 15) is 9.59 Å². The molecule has 2 fully saturated rings. The first kappa shape index (κ1) is 15.1. The van der Waals surface area contributed by atoms with Crippen LogP contribution in [-0.4, -0.2) is 53.4 Å². The Morgan fingerprint density at radius 3 is 2.35 bits per heavy atom. The second kappa shape index (κ2) is 6.92. The second-order valence-corrected chi connectivity index (χ2v) is 6.03. The number of likely N-dealkylation sites (tertiary alicyclic amines) is 1. The van der Waals surface area contributed by atoms with Gasteiger partial charge in [0, 0.05) is 32.2 Å². The van der Waals surface area contributed by atoms with E-state index in [1.54, 1.807) is 4.90 Å². The molecule has 6 nitrogen and oxygen atoms in total. The minimum atomic E-state index is -0.695. The third-order valence-corrected chi connectivity index (χ3v) is 4.57. The molecule has 0 bridgehead atoms. The Balaban J connectivity index is 1.66. The molecule has 0 aromatic heterocycles. The normalized spacial score (nSPS) is 30.2. The van der Waals surface area contributed by atoms with E-state index in [1.165, 1.54) is 0 Å². The van der Waals surface area contributed by atoms with Crippen LogP contribution in [0.4, 0.5) is 4.79 Å². The molecule has 1 heterocycles. The van der Waals surface area contributed by atoms with Gasteiger partial charge in [-0.05, 0) is 38.0 Å². The highest BCUT2D eigenvalue weighted by atomic mass is 16.4. The summed E-state index contributed by atoms with van der Waals surface area (Å²) in [6, 6.07) is -0.0543. The first-order valence-corrected chi connectivity index (χ1v) is 7.46. The van der Waals surface area contributed by atoms with Crippen LogP contribution in [0.3, 0.4) is 0 Å². The SMILES string of the molecule is O=C(O)C1CCC(CNC(=O)N2CCC(CO)C2)CC1. The van der Waals surface area contributed by atoms with Crippen LogP contribution in [0.15, 0.2) is 0 Å². The van der Waals surface area contributed by atoms with E-state index < -0.39 is 5.97 Å². The molecule has 0 aromatic carbocycles. The Bertz CT molecular complexity index is 353. The molecular weight excluding hydrogens is 260 g/mol. The van der Waals surface area contributed by atoms with Gasteiger partial charge in [-0.2, -0.15) is 0 Å². The van der Waals surface area contributed by atoms with E-state index in [2.05, 4.69) is 5.32 Å². The molecule has 1 saturated heterocycles. The predicted molar refractivity (Wildman–Crippen MR) is 73.2 cm³/mol. The van der Waals surface area contributed by atoms with E-state index >= 15 is 0 Å². The number of carbonyl (C=O) groups is 2. The topological polar surface area (TPSA) is 89.9 Å². The van der Waals surface area contributed by atoms with Crippen molar-refractivity contribution >= 4 is 12.0 Å². The molecule has 0 radical (unpaired) electrons. The van der Waals surface area contributed by atoms with Crippen molar-refractivity contribution in [2.75, 3.05) is 26.2 Å². The van der Waals surface area contributed by atoms with E-state index in [1.807, 2.05) is 0 Å². The van der Waals surface area contributed by atoms with Gasteiger partial charge in [-0.3, -0.25) is 4.79 Å². The number of carboxylic acid groups (broad SMARTS) is 1. The van der Waals surface area contributed by atoms with E-state index in [0.29, 0.717) is 38.4 Å². The largest absolute Gasteiger partial charge is 0.481 e. The lowest BCUT2D eigenvalue weighted by Crippen LogP contribution is -2.41. The molecule has 1 unspecified atom stereocenters. The first-order valence-electron chi connectivity index (χ1n) is 7.46. The third-order valence-electron chi connectivity index (χ3n) is 4.57. The maximum atomic E-state index is 12.0. The van der Waals surface area contributed by atoms with Crippen molar-refractivity contribution in [3.63, 3.8) is 0 Å². The molecule has 2 aliphatic rings. The number of hydrogen-bond donors (Lipinski definition) is 3. The first-order chi connectivity index (χ1) is 9.60. The monoisotopic (exact) mass is 284 g/mol. The molecule has 1 saturated carbocycles. The van der Waals surface area contributed by atoms with Crippen molar-refractivity contribution in [2.45, 2.75) is 32.1 Å². The quantitative estimate of drug-likeness (QED) is 0.715. The molecule has 114 valence electrons. The Morgan fingerprint density at radius 2 is 1.80 bits per heavy atom. The highest BCUT2D eigenvalue weighted by Crippen LogP contribution is 2.28. The van der Waals surface area contributed by atoms with Gasteiger partial charge in [0.15, 0.2) is 0 Å². The molecule has 0 aromatic rings. The lowest BCUT2D eigenvalue weighted by atomic mass is 9.82. The number of carbonyl (C=O) groups excluding carboxylic acids is 1. The summed E-state index contributed by atoms with van der Waals surface area (Å²) in [4.78, 5) is 24.6. The zero-order valence-corrected chi connectivity index (χ0v) is 11.8. The minimum absolute atomic E-state index is 0.0543. The molecule has 0 spiro atoms. The Hall–Kier alpha value is -1.30. The highest BCUT2D eigenvalue weighted by molar-refractivity contribution is 5.74. The molecule has 1 aliphatic carbocycles. The van der Waals surface area contributed by atoms with Gasteiger partial charge in [0.2, 0.25) is 0 Å². The van der Waals surface area contributed by atoms with Gasteiger partial charge in [0.25, 0.3) is 0 Å². The molecule has 3 N–H and O–H groups in total. The molecule has 6 heteroatoms. The summed E-state index contributed by atoms with van der Waals surface area (Å²) in [7, 11) is 0. The Labute approximate surface area is 119 Å². The van der Waals surface area contributed by atoms with Crippen LogP contribution in [0.25, 0.3) is 0 Å². The van der Waals surface area contributed by atoms with Crippen LogP contribution in [0.1, 0.15) is 32.1 Å². The number of aliphatic hydroxyl groups excluding tert-OH is 1. The summed E-state index contributed by atoms with van der Waals surface area (Å²) in [5.74, 6) is -0.289. The van der Waals surface area contributed by atoms with Gasteiger partial charge in [-0.1, -0.05) is 0 Å². The standard InChI is InChI=1S/C14H24N2O4/c17-9-11-5-6-16(8-11)14(20)15-7-10-1-3-12(4-2-10)13(18)19/h10-12,17H,1-9H2,(H,15,20)(H,18,19). The van der Waals surface area contributed by atoms with Crippen molar-refractivity contribution in [2.24, 2.45) is 17.8 Å². The number of carboxylic acids is 1. The number of rotatable bonds is 4. The van der Waals surface area contributed by atoms with Gasteiger partial charge in [0.05, 0.1) is 5.92 Å². The predicted octanol–water partition coefficient (Wildman–Crippen LogP) is 0.901. The van der Waals surface area contributed by atoms with Crippen molar-refractivity contribution in [1.82, 2.24) is 10.2 Å². The summed E-state index contributed by atoms with van der Waals surface area (Å²) < 4.78 is 0. The van der Waals surface area contributed by atoms with Crippen molar-refractivity contribution in [3.8, 4) is 0 Å². The van der Waals surface area contributed by atoms with E-state index in [-0.39, 0.29) is 24.5 Å². The minimum Gasteiger partial charge on any atom is -0.481 e. The summed E-state index contributed by atoms with van der Waals surface area (Å²) in [5, 5.41) is 20.9. The smallest absolute Gasteiger partial charge is 0.317 e. The van der Waals surface area contributed by atoms with Crippen LogP contribution < -0.4 is 5.32 Å². The number of aliphatic hydroxyl groups is 1. The number of nitrogens with one attached hydrogen (secondary N) is 1. The fraction of sp³-hybridized carbons (Fsp3) is 0.857. The molecule has 2 amide bonds. The zero-order valence-electron chi connectivity index (χ0n) is 11.8. The molecule has 1 aliphatic heterocycles. The maximum absolute atomic E-state index is 12.0. The van der Waals surface area contributed by atoms with Crippen molar-refractivity contribution in [3.05, 3.63) is 0 Å². The number of aliphatic carboxylic acids is 1. The van der Waals surface area contributed by atoms with Gasteiger partial charge in [-0.25, -0.2) is 4.79 Å². The lowest BCUT2D eigenvalue weighted by Gasteiger charge is -2.27. The zero-order chi connectivity index (χ0) is 14.5. The highest BCUT2D eigenvalue weighted by Gasteiger charge is 2.28. The Morgan fingerprint density at radius 1 is 1.10 bits per heavy atom. The summed E-state index contributed by atoms with van der Waals surface area (Å²) in [6.45, 7) is 2.12. The average molecular weight is 284 g/mol. The summed E-state index contributed by atoms with van der Waals surface area (Å²) in [5.41, 5.74) is 0. The molecular formula is C14H24N2O4. The number of nitrogens with zero attached hydrogens (tertiary/aromatic N) is 1. The third kappa shape index (κ3) is 3.85. The van der Waals surface area contributed by atoms with Gasteiger partial charge < -0.3 is 20.4 Å². The van der Waals surface area contributed by atoms with Crippen molar-refractivity contribution < 1.29 is 19.8 Å². The van der Waals surface area contributed by atoms with Crippen molar-refractivity contribution in [1.29, 1.82) is 0 Å². The summed E-state index contributed by atoms with van der Waals surface area (Å²) >= 11 is 0. The maximum Gasteiger partial charge on any atom is 0.317 e. The number of urea groups is 1. The number of amides is 2. The van der Waals surface area contributed by atoms with E-state index in [4.69, 9.17) is 10.2 Å². The van der Waals surface area contributed by atoms with Gasteiger partial charge in [0.1, 0.15) is 0 Å². The van der Waals surface area contributed by atoms with Crippen LogP contribution >= 0.6 is 0 Å². The van der Waals surface area contributed by atoms with Crippen LogP contribution in [0.2, 0.25) is 0 Å². The molecule has 2 rings (SSSR count). The summed E-state index contributed by atoms with van der Waals surface area (Å²) in [6.07, 6.45) is 4.04. The average Bonchev–Trinajstić information content (AvgIpc) is 2.94. The second-order valence-electron chi connectivity index (χ2n) is 6.03. The van der Waals surface area contributed by atoms with Crippen LogP contribution in [0.5, 0.6) is 0 Å². The van der Waals surface area contributed by atoms with Crippen LogP contribution in [0, 0.1) is 17.8 Å². The van der Waals surface area contributed by atoms with Crippen LogP contribution in [-0.2, 0) is 4.79 Å².